The number of carbonyl (C=O) groups is 2. The van der Waals surface area contributed by atoms with Crippen LogP contribution in [0.5, 0.6) is 0 Å². The zero-order chi connectivity index (χ0) is 16.2. The summed E-state index contributed by atoms with van der Waals surface area (Å²) >= 11 is 0. The van der Waals surface area contributed by atoms with Gasteiger partial charge in [-0.05, 0) is 31.4 Å². The number of hydrogen-bond acceptors (Lipinski definition) is 5. The van der Waals surface area contributed by atoms with Crippen molar-refractivity contribution in [1.82, 2.24) is 10.3 Å². The topological polar surface area (TPSA) is 85.8 Å². The van der Waals surface area contributed by atoms with Crippen LogP contribution >= 0.6 is 0 Å². The molecule has 7 heteroatoms. The predicted molar refractivity (Wildman–Crippen MR) is 84.5 cm³/mol. The van der Waals surface area contributed by atoms with Crippen molar-refractivity contribution in [1.29, 1.82) is 0 Å². The van der Waals surface area contributed by atoms with Crippen LogP contribution in [0.2, 0.25) is 0 Å². The van der Waals surface area contributed by atoms with Crippen molar-refractivity contribution >= 4 is 23.3 Å². The lowest BCUT2D eigenvalue weighted by Crippen LogP contribution is -2.45. The van der Waals surface area contributed by atoms with Crippen LogP contribution in [0.25, 0.3) is 0 Å². The largest absolute Gasteiger partial charge is 0.388 e. The minimum absolute atomic E-state index is 0.0462. The van der Waals surface area contributed by atoms with Crippen molar-refractivity contribution in [3.05, 3.63) is 17.8 Å². The van der Waals surface area contributed by atoms with E-state index < -0.39 is 5.60 Å². The lowest BCUT2D eigenvalue weighted by Gasteiger charge is -2.35. The van der Waals surface area contributed by atoms with E-state index in [1.165, 1.54) is 6.92 Å². The highest BCUT2D eigenvalue weighted by molar-refractivity contribution is 5.99. The molecule has 7 nitrogen and oxygen atoms in total. The highest BCUT2D eigenvalue weighted by Gasteiger charge is 2.41. The van der Waals surface area contributed by atoms with Crippen molar-refractivity contribution in [3.8, 4) is 0 Å². The molecule has 2 amide bonds. The van der Waals surface area contributed by atoms with Gasteiger partial charge in [-0.1, -0.05) is 0 Å². The van der Waals surface area contributed by atoms with Crippen LogP contribution in [-0.4, -0.2) is 53.2 Å². The van der Waals surface area contributed by atoms with Gasteiger partial charge in [-0.3, -0.25) is 14.5 Å². The Kier molecular flexibility index (Phi) is 3.09. The first-order chi connectivity index (χ1) is 11.0. The number of aliphatic hydroxyl groups is 1. The van der Waals surface area contributed by atoms with Gasteiger partial charge in [0, 0.05) is 26.6 Å². The number of nitrogens with zero attached hydrogens (tertiary/aromatic N) is 3. The Bertz CT molecular complexity index is 686. The Balaban J connectivity index is 1.61. The normalized spacial score (nSPS) is 23.5. The van der Waals surface area contributed by atoms with Gasteiger partial charge >= 0.3 is 0 Å². The molecule has 23 heavy (non-hydrogen) atoms. The minimum Gasteiger partial charge on any atom is -0.388 e. The number of aromatic nitrogens is 1. The van der Waals surface area contributed by atoms with E-state index in [4.69, 9.17) is 0 Å². The summed E-state index contributed by atoms with van der Waals surface area (Å²) in [5, 5.41) is 12.5. The van der Waals surface area contributed by atoms with Crippen LogP contribution < -0.4 is 15.1 Å². The molecule has 2 N–H and O–H groups in total. The summed E-state index contributed by atoms with van der Waals surface area (Å²) in [4.78, 5) is 32.7. The smallest absolute Gasteiger partial charge is 0.270 e. The van der Waals surface area contributed by atoms with E-state index in [0.29, 0.717) is 5.82 Å². The van der Waals surface area contributed by atoms with Gasteiger partial charge in [0.1, 0.15) is 5.69 Å². The molecule has 0 unspecified atom stereocenters. The molecule has 1 aliphatic carbocycles. The maximum atomic E-state index is 12.3. The Morgan fingerprint density at radius 2 is 2.22 bits per heavy atom. The lowest BCUT2D eigenvalue weighted by atomic mass is 10.1. The average Bonchev–Trinajstić information content (AvgIpc) is 3.13. The van der Waals surface area contributed by atoms with Crippen LogP contribution in [0.1, 0.15) is 36.7 Å². The molecule has 3 heterocycles. The molecule has 122 valence electrons. The summed E-state index contributed by atoms with van der Waals surface area (Å²) in [5.74, 6) is 0.212. The molecule has 2 aliphatic heterocycles. The fraction of sp³-hybridized carbons (Fsp3) is 0.562. The van der Waals surface area contributed by atoms with Gasteiger partial charge in [0.15, 0.2) is 5.82 Å². The second kappa shape index (κ2) is 4.92. The fourth-order valence-corrected chi connectivity index (χ4v) is 3.40. The van der Waals surface area contributed by atoms with Gasteiger partial charge in [-0.2, -0.15) is 0 Å². The highest BCUT2D eigenvalue weighted by atomic mass is 16.3. The molecule has 1 atom stereocenters. The number of rotatable bonds is 3. The first kappa shape index (κ1) is 14.4. The van der Waals surface area contributed by atoms with Gasteiger partial charge in [0.2, 0.25) is 5.91 Å². The van der Waals surface area contributed by atoms with Crippen LogP contribution in [0.4, 0.5) is 11.5 Å². The minimum atomic E-state index is -0.736. The second-order valence-electron chi connectivity index (χ2n) is 6.72. The van der Waals surface area contributed by atoms with Crippen molar-refractivity contribution in [2.45, 2.75) is 37.8 Å². The lowest BCUT2D eigenvalue weighted by molar-refractivity contribution is -0.117. The van der Waals surface area contributed by atoms with E-state index in [9.17, 15) is 14.7 Å². The van der Waals surface area contributed by atoms with E-state index in [0.717, 1.165) is 38.0 Å². The molecule has 3 aliphatic rings. The molecule has 0 radical (unpaired) electrons. The monoisotopic (exact) mass is 316 g/mol. The maximum Gasteiger partial charge on any atom is 0.270 e. The standard InChI is InChI=1S/C16H20N4O3/c1-10(21)20-11-4-7-19(8-11)13-3-2-12(18-14(13)20)15(22)17-9-16(23)5-6-16/h2-3,11,23H,4-9H2,1H3,(H,17,22)/t11-/m0/s1. The van der Waals surface area contributed by atoms with Gasteiger partial charge in [-0.15, -0.1) is 0 Å². The summed E-state index contributed by atoms with van der Waals surface area (Å²) in [6.07, 6.45) is 2.36. The Morgan fingerprint density at radius 1 is 1.43 bits per heavy atom. The van der Waals surface area contributed by atoms with Crippen LogP contribution in [0, 0.1) is 0 Å². The number of nitrogens with one attached hydrogen (secondary N) is 1. The second-order valence-corrected chi connectivity index (χ2v) is 6.72. The molecule has 4 rings (SSSR count). The zero-order valence-corrected chi connectivity index (χ0v) is 13.1. The van der Waals surface area contributed by atoms with Gasteiger partial charge in [0.05, 0.1) is 17.3 Å². The van der Waals surface area contributed by atoms with Gasteiger partial charge in [0.25, 0.3) is 5.91 Å². The SMILES string of the molecule is CC(=O)N1c2nc(C(=O)NCC3(O)CC3)ccc2N2CC[C@H]1C2. The third-order valence-corrected chi connectivity index (χ3v) is 4.93. The number of anilines is 2. The van der Waals surface area contributed by atoms with E-state index >= 15 is 0 Å². The van der Waals surface area contributed by atoms with Crippen molar-refractivity contribution in [3.63, 3.8) is 0 Å². The molecule has 2 bridgehead atoms. The number of carbonyl (C=O) groups excluding carboxylic acids is 2. The van der Waals surface area contributed by atoms with E-state index in [2.05, 4.69) is 15.2 Å². The first-order valence-corrected chi connectivity index (χ1v) is 8.03. The quantitative estimate of drug-likeness (QED) is 0.837. The highest BCUT2D eigenvalue weighted by Crippen LogP contribution is 2.39. The first-order valence-electron chi connectivity index (χ1n) is 8.03. The number of pyridine rings is 1. The third-order valence-electron chi connectivity index (χ3n) is 4.93. The molecular formula is C16H20N4O3. The van der Waals surface area contributed by atoms with E-state index in [1.54, 1.807) is 11.0 Å². The molecule has 1 saturated heterocycles. The van der Waals surface area contributed by atoms with Gasteiger partial charge in [-0.25, -0.2) is 4.98 Å². The summed E-state index contributed by atoms with van der Waals surface area (Å²) in [6, 6.07) is 3.68. The Hall–Kier alpha value is -2.15. The molecule has 1 saturated carbocycles. The average molecular weight is 316 g/mol. The molecule has 1 aromatic rings. The van der Waals surface area contributed by atoms with Gasteiger partial charge < -0.3 is 15.3 Å². The maximum absolute atomic E-state index is 12.3. The third kappa shape index (κ3) is 2.45. The van der Waals surface area contributed by atoms with Crippen LogP contribution in [0.15, 0.2) is 12.1 Å². The van der Waals surface area contributed by atoms with Crippen LogP contribution in [-0.2, 0) is 4.79 Å². The molecule has 0 aromatic carbocycles. The summed E-state index contributed by atoms with van der Waals surface area (Å²) in [6.45, 7) is 3.51. The van der Waals surface area contributed by atoms with Crippen molar-refractivity contribution in [2.24, 2.45) is 0 Å². The van der Waals surface area contributed by atoms with E-state index in [1.807, 2.05) is 6.07 Å². The zero-order valence-electron chi connectivity index (χ0n) is 13.1. The van der Waals surface area contributed by atoms with Crippen LogP contribution in [0.3, 0.4) is 0 Å². The summed E-state index contributed by atoms with van der Waals surface area (Å²) in [5.41, 5.74) is 0.452. The van der Waals surface area contributed by atoms with Crippen molar-refractivity contribution in [2.75, 3.05) is 29.4 Å². The Morgan fingerprint density at radius 3 is 2.91 bits per heavy atom. The molecule has 2 fully saturated rings. The number of amides is 2. The number of fused-ring (bicyclic) bond motifs is 4. The molecular weight excluding hydrogens is 296 g/mol. The van der Waals surface area contributed by atoms with E-state index in [-0.39, 0.29) is 30.1 Å². The number of hydrogen-bond donors (Lipinski definition) is 2. The van der Waals surface area contributed by atoms with Crippen molar-refractivity contribution < 1.29 is 14.7 Å². The Labute approximate surface area is 134 Å². The summed E-state index contributed by atoms with van der Waals surface area (Å²) in [7, 11) is 0. The predicted octanol–water partition coefficient (Wildman–Crippen LogP) is 0.281. The fourth-order valence-electron chi connectivity index (χ4n) is 3.40. The molecule has 0 spiro atoms. The summed E-state index contributed by atoms with van der Waals surface area (Å²) < 4.78 is 0. The molecule has 1 aromatic heterocycles.